The number of nitrogens with one attached hydrogen (secondary N) is 1. The van der Waals surface area contributed by atoms with E-state index in [4.69, 9.17) is 4.74 Å². The van der Waals surface area contributed by atoms with E-state index in [9.17, 15) is 17.6 Å². The third-order valence-corrected chi connectivity index (χ3v) is 8.33. The van der Waals surface area contributed by atoms with Crippen molar-refractivity contribution in [3.05, 3.63) is 95.8 Å². The van der Waals surface area contributed by atoms with Gasteiger partial charge in [0.05, 0.1) is 12.5 Å². The van der Waals surface area contributed by atoms with Crippen LogP contribution in [-0.2, 0) is 26.8 Å². The summed E-state index contributed by atoms with van der Waals surface area (Å²) in [6, 6.07) is 22.0. The highest BCUT2D eigenvalue weighted by Crippen LogP contribution is 2.38. The molecule has 0 aliphatic carbocycles. The van der Waals surface area contributed by atoms with E-state index in [1.807, 2.05) is 30.3 Å². The van der Waals surface area contributed by atoms with Crippen molar-refractivity contribution >= 4 is 15.9 Å². The molecule has 1 fully saturated rings. The fraction of sp³-hybridized carbons (Fsp3) is 0.269. The van der Waals surface area contributed by atoms with E-state index in [1.165, 1.54) is 29.6 Å². The lowest BCUT2D eigenvalue weighted by atomic mass is 9.72. The molecular weight excluding hydrogens is 455 g/mol. The Labute approximate surface area is 199 Å². The van der Waals surface area contributed by atoms with Gasteiger partial charge in [-0.1, -0.05) is 54.6 Å². The van der Waals surface area contributed by atoms with Gasteiger partial charge in [-0.25, -0.2) is 12.8 Å². The number of hydrogen-bond acceptors (Lipinski definition) is 4. The summed E-state index contributed by atoms with van der Waals surface area (Å²) in [4.78, 5) is 13.6. The highest BCUT2D eigenvalue weighted by Gasteiger charge is 2.45. The van der Waals surface area contributed by atoms with Gasteiger partial charge in [-0.2, -0.15) is 4.31 Å². The van der Waals surface area contributed by atoms with Crippen LogP contribution in [-0.4, -0.2) is 38.8 Å². The van der Waals surface area contributed by atoms with E-state index in [1.54, 1.807) is 30.3 Å². The van der Waals surface area contributed by atoms with E-state index < -0.39 is 15.4 Å². The molecule has 1 saturated heterocycles. The van der Waals surface area contributed by atoms with Gasteiger partial charge in [0.2, 0.25) is 15.9 Å². The van der Waals surface area contributed by atoms with E-state index in [0.717, 1.165) is 11.1 Å². The van der Waals surface area contributed by atoms with Crippen molar-refractivity contribution in [1.82, 2.24) is 9.62 Å². The SMILES string of the molecule is COc1ccccc1S(=O)(=O)N1CCC(C(=O)NCc2ccc(F)cc2)(c2ccccc2)CC1. The van der Waals surface area contributed by atoms with Crippen LogP contribution in [0.5, 0.6) is 5.75 Å². The zero-order chi connectivity index (χ0) is 24.2. The Morgan fingerprint density at radius 3 is 2.24 bits per heavy atom. The number of hydrogen-bond donors (Lipinski definition) is 1. The minimum absolute atomic E-state index is 0.116. The third-order valence-electron chi connectivity index (χ3n) is 6.39. The van der Waals surface area contributed by atoms with Crippen LogP contribution in [0.2, 0.25) is 0 Å². The van der Waals surface area contributed by atoms with Gasteiger partial charge in [0.15, 0.2) is 0 Å². The number of carbonyl (C=O) groups excluding carboxylic acids is 1. The van der Waals surface area contributed by atoms with Gasteiger partial charge in [-0.05, 0) is 48.2 Å². The summed E-state index contributed by atoms with van der Waals surface area (Å²) >= 11 is 0. The van der Waals surface area contributed by atoms with Gasteiger partial charge < -0.3 is 10.1 Å². The fourth-order valence-electron chi connectivity index (χ4n) is 4.44. The topological polar surface area (TPSA) is 75.7 Å². The van der Waals surface area contributed by atoms with Gasteiger partial charge in [0.25, 0.3) is 0 Å². The molecule has 0 aromatic heterocycles. The van der Waals surface area contributed by atoms with Crippen LogP contribution < -0.4 is 10.1 Å². The second kappa shape index (κ2) is 9.95. The number of piperidine rings is 1. The summed E-state index contributed by atoms with van der Waals surface area (Å²) in [5.41, 5.74) is 0.767. The quantitative estimate of drug-likeness (QED) is 0.555. The number of nitrogens with zero attached hydrogens (tertiary/aromatic N) is 1. The number of rotatable bonds is 7. The third kappa shape index (κ3) is 4.69. The van der Waals surface area contributed by atoms with Crippen LogP contribution in [0.4, 0.5) is 4.39 Å². The standard InChI is InChI=1S/C26H27FN2O4S/c1-33-23-9-5-6-10-24(23)34(31,32)29-17-15-26(16-18-29,21-7-3-2-4-8-21)25(30)28-19-20-11-13-22(27)14-12-20/h2-14H,15-19H2,1H3,(H,28,30). The average Bonchev–Trinajstić information content (AvgIpc) is 2.88. The van der Waals surface area contributed by atoms with Crippen LogP contribution in [0, 0.1) is 5.82 Å². The maximum absolute atomic E-state index is 13.5. The Morgan fingerprint density at radius 2 is 1.59 bits per heavy atom. The molecule has 0 unspecified atom stereocenters. The Hall–Kier alpha value is -3.23. The molecule has 1 aliphatic rings. The van der Waals surface area contributed by atoms with Crippen LogP contribution >= 0.6 is 0 Å². The Kier molecular flexibility index (Phi) is 7.00. The number of halogens is 1. The molecule has 178 valence electrons. The van der Waals surface area contributed by atoms with Gasteiger partial charge >= 0.3 is 0 Å². The predicted molar refractivity (Wildman–Crippen MR) is 127 cm³/mol. The molecule has 1 amide bonds. The first-order valence-electron chi connectivity index (χ1n) is 11.1. The number of para-hydroxylation sites is 1. The van der Waals surface area contributed by atoms with Crippen molar-refractivity contribution < 1.29 is 22.3 Å². The zero-order valence-corrected chi connectivity index (χ0v) is 19.7. The lowest BCUT2D eigenvalue weighted by Crippen LogP contribution is -2.52. The molecule has 1 aliphatic heterocycles. The lowest BCUT2D eigenvalue weighted by Gasteiger charge is -2.40. The van der Waals surface area contributed by atoms with Crippen molar-refractivity contribution in [2.75, 3.05) is 20.2 Å². The van der Waals surface area contributed by atoms with E-state index in [2.05, 4.69) is 5.32 Å². The molecule has 6 nitrogen and oxygen atoms in total. The molecular formula is C26H27FN2O4S. The summed E-state index contributed by atoms with van der Waals surface area (Å²) in [7, 11) is -2.34. The Morgan fingerprint density at radius 1 is 0.971 bits per heavy atom. The van der Waals surface area contributed by atoms with Gasteiger partial charge in [-0.3, -0.25) is 4.79 Å². The normalized spacial score (nSPS) is 16.1. The predicted octanol–water partition coefficient (Wildman–Crippen LogP) is 3.87. The van der Waals surface area contributed by atoms with Crippen LogP contribution in [0.1, 0.15) is 24.0 Å². The minimum atomic E-state index is -3.78. The summed E-state index contributed by atoms with van der Waals surface area (Å²) in [6.45, 7) is 0.648. The summed E-state index contributed by atoms with van der Waals surface area (Å²) < 4.78 is 46.6. The van der Waals surface area contributed by atoms with Gasteiger partial charge in [0.1, 0.15) is 16.5 Å². The molecule has 8 heteroatoms. The lowest BCUT2D eigenvalue weighted by molar-refractivity contribution is -0.128. The number of sulfonamides is 1. The van der Waals surface area contributed by atoms with Crippen LogP contribution in [0.15, 0.2) is 83.8 Å². The molecule has 34 heavy (non-hydrogen) atoms. The molecule has 0 atom stereocenters. The van der Waals surface area contributed by atoms with E-state index in [-0.39, 0.29) is 36.3 Å². The van der Waals surface area contributed by atoms with Crippen molar-refractivity contribution in [2.24, 2.45) is 0 Å². The number of ether oxygens (including phenoxy) is 1. The summed E-state index contributed by atoms with van der Waals surface area (Å²) in [6.07, 6.45) is 0.668. The second-order valence-electron chi connectivity index (χ2n) is 8.31. The molecule has 1 N–H and O–H groups in total. The summed E-state index contributed by atoms with van der Waals surface area (Å²) in [5, 5.41) is 2.98. The molecule has 0 saturated carbocycles. The number of benzene rings is 3. The minimum Gasteiger partial charge on any atom is -0.495 e. The van der Waals surface area contributed by atoms with Gasteiger partial charge in [0, 0.05) is 19.6 Å². The second-order valence-corrected chi connectivity index (χ2v) is 10.2. The van der Waals surface area contributed by atoms with Gasteiger partial charge in [-0.15, -0.1) is 0 Å². The van der Waals surface area contributed by atoms with Crippen LogP contribution in [0.25, 0.3) is 0 Å². The molecule has 3 aromatic rings. The highest BCUT2D eigenvalue weighted by atomic mass is 32.2. The maximum Gasteiger partial charge on any atom is 0.246 e. The summed E-state index contributed by atoms with van der Waals surface area (Å²) in [5.74, 6) is -0.212. The zero-order valence-electron chi connectivity index (χ0n) is 18.9. The fourth-order valence-corrected chi connectivity index (χ4v) is 6.03. The molecule has 1 heterocycles. The smallest absolute Gasteiger partial charge is 0.246 e. The van der Waals surface area contributed by atoms with Crippen molar-refractivity contribution in [2.45, 2.75) is 29.7 Å². The number of carbonyl (C=O) groups is 1. The van der Waals surface area contributed by atoms with Crippen LogP contribution in [0.3, 0.4) is 0 Å². The molecule has 0 bridgehead atoms. The van der Waals surface area contributed by atoms with E-state index >= 15 is 0 Å². The Bertz CT molecular complexity index is 1240. The largest absolute Gasteiger partial charge is 0.495 e. The Balaban J connectivity index is 1.56. The first-order chi connectivity index (χ1) is 16.4. The first-order valence-corrected chi connectivity index (χ1v) is 12.5. The maximum atomic E-state index is 13.5. The molecule has 4 rings (SSSR count). The number of amides is 1. The molecule has 0 radical (unpaired) electrons. The molecule has 0 spiro atoms. The van der Waals surface area contributed by atoms with Crippen molar-refractivity contribution in [1.29, 1.82) is 0 Å². The van der Waals surface area contributed by atoms with Crippen molar-refractivity contribution in [3.63, 3.8) is 0 Å². The van der Waals surface area contributed by atoms with E-state index in [0.29, 0.717) is 18.6 Å². The highest BCUT2D eigenvalue weighted by molar-refractivity contribution is 7.89. The average molecular weight is 483 g/mol. The first kappa shape index (κ1) is 23.9. The number of methoxy groups -OCH3 is 1. The monoisotopic (exact) mass is 482 g/mol. The molecule has 3 aromatic carbocycles. The van der Waals surface area contributed by atoms with Crippen molar-refractivity contribution in [3.8, 4) is 5.75 Å².